The highest BCUT2D eigenvalue weighted by Gasteiger charge is 2.47. The fourth-order valence-corrected chi connectivity index (χ4v) is 3.52. The van der Waals surface area contributed by atoms with Crippen molar-refractivity contribution in [2.75, 3.05) is 33.4 Å². The fourth-order valence-electron chi connectivity index (χ4n) is 3.52. The van der Waals surface area contributed by atoms with Crippen molar-refractivity contribution in [1.29, 1.82) is 0 Å². The van der Waals surface area contributed by atoms with Crippen molar-refractivity contribution in [3.8, 4) is 0 Å². The lowest BCUT2D eigenvalue weighted by Crippen LogP contribution is -2.58. The Morgan fingerprint density at radius 3 is 3.25 bits per heavy atom. The molecule has 2 saturated heterocycles. The molecular formula is C15H21NO4. The van der Waals surface area contributed by atoms with Gasteiger partial charge >= 0.3 is 0 Å². The van der Waals surface area contributed by atoms with Crippen molar-refractivity contribution in [3.05, 3.63) is 24.2 Å². The van der Waals surface area contributed by atoms with Crippen molar-refractivity contribution in [2.24, 2.45) is 5.41 Å². The molecule has 5 heteroatoms. The Hall–Kier alpha value is -1.33. The van der Waals surface area contributed by atoms with Crippen LogP contribution in [0.15, 0.2) is 22.8 Å². The SMILES string of the molecule is COC[C@]12CCCO[C@H]1CCN(C(=O)c1ccco1)C2. The van der Waals surface area contributed by atoms with Crippen LogP contribution in [0.25, 0.3) is 0 Å². The Balaban J connectivity index is 1.77. The maximum atomic E-state index is 12.4. The molecule has 110 valence electrons. The number of furan rings is 1. The van der Waals surface area contributed by atoms with E-state index in [2.05, 4.69) is 0 Å². The van der Waals surface area contributed by atoms with Crippen LogP contribution in [0, 0.1) is 5.41 Å². The van der Waals surface area contributed by atoms with Gasteiger partial charge < -0.3 is 18.8 Å². The molecule has 0 aromatic carbocycles. The van der Waals surface area contributed by atoms with Crippen LogP contribution in [0.1, 0.15) is 29.8 Å². The van der Waals surface area contributed by atoms with Gasteiger partial charge in [-0.15, -0.1) is 0 Å². The first-order valence-electron chi connectivity index (χ1n) is 7.18. The number of carbonyl (C=O) groups excluding carboxylic acids is 1. The number of amides is 1. The number of fused-ring (bicyclic) bond motifs is 1. The summed E-state index contributed by atoms with van der Waals surface area (Å²) < 4.78 is 16.6. The zero-order chi connectivity index (χ0) is 14.0. The zero-order valence-electron chi connectivity index (χ0n) is 11.8. The smallest absolute Gasteiger partial charge is 0.289 e. The van der Waals surface area contributed by atoms with E-state index in [-0.39, 0.29) is 17.4 Å². The van der Waals surface area contributed by atoms with Gasteiger partial charge in [-0.2, -0.15) is 0 Å². The van der Waals surface area contributed by atoms with Crippen molar-refractivity contribution < 1.29 is 18.7 Å². The molecule has 0 bridgehead atoms. The van der Waals surface area contributed by atoms with Gasteiger partial charge in [-0.05, 0) is 31.4 Å². The molecule has 1 aromatic heterocycles. The number of methoxy groups -OCH3 is 1. The molecule has 2 aliphatic heterocycles. The van der Waals surface area contributed by atoms with Crippen LogP contribution in [0.4, 0.5) is 0 Å². The summed E-state index contributed by atoms with van der Waals surface area (Å²) in [5, 5.41) is 0. The quantitative estimate of drug-likeness (QED) is 0.848. The molecule has 1 aromatic rings. The predicted octanol–water partition coefficient (Wildman–Crippen LogP) is 1.94. The summed E-state index contributed by atoms with van der Waals surface area (Å²) in [5.74, 6) is 0.377. The van der Waals surface area contributed by atoms with Crippen LogP contribution in [-0.4, -0.2) is 50.3 Å². The maximum Gasteiger partial charge on any atom is 0.289 e. The molecule has 0 saturated carbocycles. The third-order valence-corrected chi connectivity index (χ3v) is 4.44. The molecule has 1 amide bonds. The second-order valence-corrected chi connectivity index (χ2v) is 5.75. The lowest BCUT2D eigenvalue weighted by atomic mass is 9.73. The van der Waals surface area contributed by atoms with Crippen LogP contribution < -0.4 is 0 Å². The standard InChI is InChI=1S/C15H21NO4/c1-18-11-15-6-3-9-20-13(15)5-7-16(10-15)14(17)12-4-2-8-19-12/h2,4,8,13H,3,5-7,9-11H2,1H3/t13-,15+/m0/s1. The van der Waals surface area contributed by atoms with Gasteiger partial charge in [0.05, 0.1) is 19.0 Å². The number of piperidine rings is 1. The number of ether oxygens (including phenoxy) is 2. The zero-order valence-corrected chi connectivity index (χ0v) is 11.8. The van der Waals surface area contributed by atoms with E-state index in [1.807, 2.05) is 4.90 Å². The summed E-state index contributed by atoms with van der Waals surface area (Å²) in [5.41, 5.74) is -0.0620. The van der Waals surface area contributed by atoms with Crippen molar-refractivity contribution in [2.45, 2.75) is 25.4 Å². The molecule has 0 spiro atoms. The number of rotatable bonds is 3. The van der Waals surface area contributed by atoms with E-state index in [4.69, 9.17) is 13.9 Å². The first-order valence-corrected chi connectivity index (χ1v) is 7.18. The van der Waals surface area contributed by atoms with E-state index in [9.17, 15) is 4.79 Å². The average Bonchev–Trinajstić information content (AvgIpc) is 3.00. The van der Waals surface area contributed by atoms with Gasteiger partial charge in [-0.25, -0.2) is 0 Å². The molecule has 5 nitrogen and oxygen atoms in total. The molecule has 0 radical (unpaired) electrons. The second kappa shape index (κ2) is 5.58. The number of hydrogen-bond acceptors (Lipinski definition) is 4. The molecule has 20 heavy (non-hydrogen) atoms. The summed E-state index contributed by atoms with van der Waals surface area (Å²) in [6.07, 6.45) is 4.69. The summed E-state index contributed by atoms with van der Waals surface area (Å²) >= 11 is 0. The van der Waals surface area contributed by atoms with Gasteiger partial charge in [0, 0.05) is 32.2 Å². The first kappa shape index (κ1) is 13.6. The van der Waals surface area contributed by atoms with Crippen LogP contribution in [-0.2, 0) is 9.47 Å². The molecule has 2 aliphatic rings. The number of hydrogen-bond donors (Lipinski definition) is 0. The molecule has 0 aliphatic carbocycles. The van der Waals surface area contributed by atoms with Crippen LogP contribution >= 0.6 is 0 Å². The van der Waals surface area contributed by atoms with E-state index >= 15 is 0 Å². The van der Waals surface area contributed by atoms with E-state index in [1.165, 1.54) is 6.26 Å². The highest BCUT2D eigenvalue weighted by molar-refractivity contribution is 5.91. The average molecular weight is 279 g/mol. The molecule has 3 rings (SSSR count). The normalized spacial score (nSPS) is 30.1. The minimum Gasteiger partial charge on any atom is -0.459 e. The Labute approximate surface area is 118 Å². The molecule has 3 heterocycles. The van der Waals surface area contributed by atoms with Crippen LogP contribution in [0.3, 0.4) is 0 Å². The van der Waals surface area contributed by atoms with E-state index in [0.717, 1.165) is 32.4 Å². The molecule has 2 atom stereocenters. The van der Waals surface area contributed by atoms with E-state index < -0.39 is 0 Å². The Bertz CT molecular complexity index is 454. The largest absolute Gasteiger partial charge is 0.459 e. The lowest BCUT2D eigenvalue weighted by molar-refractivity contribution is -0.142. The fraction of sp³-hybridized carbons (Fsp3) is 0.667. The van der Waals surface area contributed by atoms with Crippen molar-refractivity contribution >= 4 is 5.91 Å². The minimum absolute atomic E-state index is 0.0329. The molecular weight excluding hydrogens is 258 g/mol. The van der Waals surface area contributed by atoms with Crippen molar-refractivity contribution in [1.82, 2.24) is 4.90 Å². The van der Waals surface area contributed by atoms with Gasteiger partial charge in [-0.1, -0.05) is 0 Å². The highest BCUT2D eigenvalue weighted by atomic mass is 16.5. The van der Waals surface area contributed by atoms with Gasteiger partial charge in [0.2, 0.25) is 0 Å². The summed E-state index contributed by atoms with van der Waals surface area (Å²) in [6.45, 7) is 2.86. The van der Waals surface area contributed by atoms with Crippen molar-refractivity contribution in [3.63, 3.8) is 0 Å². The van der Waals surface area contributed by atoms with E-state index in [0.29, 0.717) is 18.9 Å². The Morgan fingerprint density at radius 1 is 1.60 bits per heavy atom. The van der Waals surface area contributed by atoms with Crippen LogP contribution in [0.2, 0.25) is 0 Å². The van der Waals surface area contributed by atoms with Gasteiger partial charge in [-0.3, -0.25) is 4.79 Å². The Kier molecular flexibility index (Phi) is 3.81. The number of carbonyl (C=O) groups is 1. The molecule has 2 fully saturated rings. The van der Waals surface area contributed by atoms with E-state index in [1.54, 1.807) is 19.2 Å². The molecule has 0 N–H and O–H groups in total. The topological polar surface area (TPSA) is 51.9 Å². The number of nitrogens with zero attached hydrogens (tertiary/aromatic N) is 1. The summed E-state index contributed by atoms with van der Waals surface area (Å²) in [7, 11) is 1.72. The minimum atomic E-state index is -0.0620. The second-order valence-electron chi connectivity index (χ2n) is 5.75. The monoisotopic (exact) mass is 279 g/mol. The summed E-state index contributed by atoms with van der Waals surface area (Å²) in [6, 6.07) is 3.46. The predicted molar refractivity (Wildman–Crippen MR) is 72.5 cm³/mol. The van der Waals surface area contributed by atoms with Gasteiger partial charge in [0.1, 0.15) is 0 Å². The lowest BCUT2D eigenvalue weighted by Gasteiger charge is -2.50. The Morgan fingerprint density at radius 2 is 2.50 bits per heavy atom. The highest BCUT2D eigenvalue weighted by Crippen LogP contribution is 2.40. The summed E-state index contributed by atoms with van der Waals surface area (Å²) in [4.78, 5) is 14.3. The van der Waals surface area contributed by atoms with Gasteiger partial charge in [0.15, 0.2) is 5.76 Å². The van der Waals surface area contributed by atoms with Gasteiger partial charge in [0.25, 0.3) is 5.91 Å². The first-order chi connectivity index (χ1) is 9.75. The maximum absolute atomic E-state index is 12.4. The third-order valence-electron chi connectivity index (χ3n) is 4.44. The third kappa shape index (κ3) is 2.36. The molecule has 0 unspecified atom stereocenters. The van der Waals surface area contributed by atoms with Crippen LogP contribution in [0.5, 0.6) is 0 Å². The number of likely N-dealkylation sites (tertiary alicyclic amines) is 1.